The average molecular weight is 242 g/mol. The summed E-state index contributed by atoms with van der Waals surface area (Å²) in [5.74, 6) is -0.336. The van der Waals surface area contributed by atoms with E-state index < -0.39 is 0 Å². The van der Waals surface area contributed by atoms with Crippen LogP contribution in [0.25, 0.3) is 0 Å². The highest BCUT2D eigenvalue weighted by Crippen LogP contribution is 2.31. The van der Waals surface area contributed by atoms with Crippen LogP contribution >= 0.6 is 0 Å². The maximum atomic E-state index is 11.0. The zero-order valence-corrected chi connectivity index (χ0v) is 11.3. The molecule has 0 aliphatic carbocycles. The van der Waals surface area contributed by atoms with Crippen molar-refractivity contribution in [2.45, 2.75) is 58.1 Å². The summed E-state index contributed by atoms with van der Waals surface area (Å²) in [4.78, 5) is 11.0. The lowest BCUT2D eigenvalue weighted by Crippen LogP contribution is -2.48. The van der Waals surface area contributed by atoms with E-state index in [0.717, 1.165) is 32.3 Å². The van der Waals surface area contributed by atoms with Crippen molar-refractivity contribution >= 4 is 5.91 Å². The van der Waals surface area contributed by atoms with E-state index in [2.05, 4.69) is 19.2 Å². The third-order valence-corrected chi connectivity index (χ3v) is 3.98. The summed E-state index contributed by atoms with van der Waals surface area (Å²) in [7, 11) is 0. The topological polar surface area (TPSA) is 64.3 Å². The molecule has 0 saturated carbocycles. The molecule has 3 N–H and O–H groups in total. The van der Waals surface area contributed by atoms with Crippen LogP contribution in [0.4, 0.5) is 0 Å². The Bertz CT molecular complexity index is 252. The zero-order chi connectivity index (χ0) is 12.9. The van der Waals surface area contributed by atoms with Gasteiger partial charge < -0.3 is 15.8 Å². The van der Waals surface area contributed by atoms with Crippen molar-refractivity contribution in [3.8, 4) is 0 Å². The molecule has 0 radical (unpaired) electrons. The number of hydrogen-bond acceptors (Lipinski definition) is 3. The molecule has 100 valence electrons. The molecule has 4 nitrogen and oxygen atoms in total. The summed E-state index contributed by atoms with van der Waals surface area (Å²) in [5.41, 5.74) is 5.29. The van der Waals surface area contributed by atoms with Crippen LogP contribution in [-0.2, 0) is 9.53 Å². The molecule has 2 unspecified atom stereocenters. The number of primary amides is 1. The van der Waals surface area contributed by atoms with Gasteiger partial charge in [0.25, 0.3) is 0 Å². The Morgan fingerprint density at radius 1 is 1.53 bits per heavy atom. The van der Waals surface area contributed by atoms with E-state index in [1.54, 1.807) is 0 Å². The monoisotopic (exact) mass is 242 g/mol. The Hall–Kier alpha value is -0.610. The fraction of sp³-hybridized carbons (Fsp3) is 0.923. The fourth-order valence-electron chi connectivity index (χ4n) is 2.39. The standard InChI is InChI=1S/C13H26N2O2/c1-4-13(5-2)8-11(6-7-17-13)15-9-10(3)12(14)16/h10-11,15H,4-9H2,1-3H3,(H2,14,16). The molecule has 1 saturated heterocycles. The lowest BCUT2D eigenvalue weighted by Gasteiger charge is -2.40. The smallest absolute Gasteiger partial charge is 0.221 e. The van der Waals surface area contributed by atoms with Gasteiger partial charge in [0.2, 0.25) is 5.91 Å². The van der Waals surface area contributed by atoms with E-state index in [1.807, 2.05) is 6.92 Å². The summed E-state index contributed by atoms with van der Waals surface area (Å²) in [6.07, 6.45) is 4.15. The molecule has 0 aromatic heterocycles. The van der Waals surface area contributed by atoms with E-state index in [9.17, 15) is 4.79 Å². The van der Waals surface area contributed by atoms with E-state index >= 15 is 0 Å². The van der Waals surface area contributed by atoms with Gasteiger partial charge in [-0.1, -0.05) is 20.8 Å². The van der Waals surface area contributed by atoms with Crippen molar-refractivity contribution in [1.82, 2.24) is 5.32 Å². The second kappa shape index (κ2) is 6.36. The molecule has 2 atom stereocenters. The van der Waals surface area contributed by atoms with E-state index in [-0.39, 0.29) is 17.4 Å². The minimum absolute atomic E-state index is 0.0336. The molecule has 1 heterocycles. The largest absolute Gasteiger partial charge is 0.375 e. The van der Waals surface area contributed by atoms with Crippen LogP contribution < -0.4 is 11.1 Å². The van der Waals surface area contributed by atoms with Gasteiger partial charge in [0.15, 0.2) is 0 Å². The molecule has 0 bridgehead atoms. The predicted molar refractivity (Wildman–Crippen MR) is 68.6 cm³/mol. The number of carbonyl (C=O) groups is 1. The summed E-state index contributed by atoms with van der Waals surface area (Å²) < 4.78 is 5.92. The number of nitrogens with two attached hydrogens (primary N) is 1. The van der Waals surface area contributed by atoms with Crippen molar-refractivity contribution in [2.24, 2.45) is 11.7 Å². The van der Waals surface area contributed by atoms with Crippen LogP contribution in [0.3, 0.4) is 0 Å². The molecular weight excluding hydrogens is 216 g/mol. The van der Waals surface area contributed by atoms with Crippen molar-refractivity contribution in [3.63, 3.8) is 0 Å². The molecule has 0 aromatic carbocycles. The highest BCUT2D eigenvalue weighted by Gasteiger charge is 2.34. The van der Waals surface area contributed by atoms with Crippen LogP contribution in [0.15, 0.2) is 0 Å². The lowest BCUT2D eigenvalue weighted by molar-refractivity contribution is -0.121. The number of ether oxygens (including phenoxy) is 1. The first-order chi connectivity index (χ1) is 8.03. The molecule has 1 amide bonds. The van der Waals surface area contributed by atoms with E-state index in [0.29, 0.717) is 12.6 Å². The van der Waals surface area contributed by atoms with Crippen molar-refractivity contribution in [3.05, 3.63) is 0 Å². The van der Waals surface area contributed by atoms with Gasteiger partial charge >= 0.3 is 0 Å². The SMILES string of the molecule is CCC1(CC)CC(NCC(C)C(N)=O)CCO1. The number of hydrogen-bond donors (Lipinski definition) is 2. The third-order valence-electron chi connectivity index (χ3n) is 3.98. The normalized spacial score (nSPS) is 25.5. The average Bonchev–Trinajstić information content (AvgIpc) is 2.35. The molecule has 0 spiro atoms. The molecule has 1 aliphatic heterocycles. The molecule has 1 rings (SSSR count). The van der Waals surface area contributed by atoms with Gasteiger partial charge in [0.05, 0.1) is 5.60 Å². The van der Waals surface area contributed by atoms with Crippen LogP contribution in [0.1, 0.15) is 46.5 Å². The number of nitrogens with one attached hydrogen (secondary N) is 1. The number of amides is 1. The van der Waals surface area contributed by atoms with Gasteiger partial charge in [0.1, 0.15) is 0 Å². The molecule has 1 fully saturated rings. The summed E-state index contributed by atoms with van der Waals surface area (Å²) in [5, 5.41) is 3.45. The maximum absolute atomic E-state index is 11.0. The van der Waals surface area contributed by atoms with Gasteiger partial charge in [-0.25, -0.2) is 0 Å². The first-order valence-electron chi connectivity index (χ1n) is 6.69. The molecule has 4 heteroatoms. The van der Waals surface area contributed by atoms with Gasteiger partial charge in [-0.15, -0.1) is 0 Å². The van der Waals surface area contributed by atoms with Crippen LogP contribution in [0.5, 0.6) is 0 Å². The lowest BCUT2D eigenvalue weighted by atomic mass is 9.86. The molecular formula is C13H26N2O2. The zero-order valence-electron chi connectivity index (χ0n) is 11.3. The van der Waals surface area contributed by atoms with Gasteiger partial charge in [0, 0.05) is 25.1 Å². The highest BCUT2D eigenvalue weighted by molar-refractivity contribution is 5.76. The Morgan fingerprint density at radius 2 is 2.18 bits per heavy atom. The van der Waals surface area contributed by atoms with Gasteiger partial charge in [-0.05, 0) is 25.7 Å². The van der Waals surface area contributed by atoms with E-state index in [1.165, 1.54) is 0 Å². The van der Waals surface area contributed by atoms with Gasteiger partial charge in [-0.3, -0.25) is 4.79 Å². The Morgan fingerprint density at radius 3 is 2.71 bits per heavy atom. The maximum Gasteiger partial charge on any atom is 0.221 e. The summed E-state index contributed by atoms with van der Waals surface area (Å²) in [6, 6.07) is 0.449. The van der Waals surface area contributed by atoms with Crippen LogP contribution in [0.2, 0.25) is 0 Å². The van der Waals surface area contributed by atoms with Crippen molar-refractivity contribution in [1.29, 1.82) is 0 Å². The third kappa shape index (κ3) is 3.96. The predicted octanol–water partition coefficient (Wildman–Crippen LogP) is 1.44. The Labute approximate surface area is 104 Å². The highest BCUT2D eigenvalue weighted by atomic mass is 16.5. The summed E-state index contributed by atoms with van der Waals surface area (Å²) in [6.45, 7) is 7.70. The number of carbonyl (C=O) groups excluding carboxylic acids is 1. The quantitative estimate of drug-likeness (QED) is 0.740. The Balaban J connectivity index is 2.42. The van der Waals surface area contributed by atoms with Gasteiger partial charge in [-0.2, -0.15) is 0 Å². The fourth-order valence-corrected chi connectivity index (χ4v) is 2.39. The molecule has 0 aromatic rings. The van der Waals surface area contributed by atoms with Crippen LogP contribution in [-0.4, -0.2) is 30.7 Å². The minimum Gasteiger partial charge on any atom is -0.375 e. The van der Waals surface area contributed by atoms with Crippen LogP contribution in [0, 0.1) is 5.92 Å². The minimum atomic E-state index is -0.234. The first kappa shape index (κ1) is 14.5. The van der Waals surface area contributed by atoms with Crippen molar-refractivity contribution < 1.29 is 9.53 Å². The number of rotatable bonds is 6. The Kier molecular flexibility index (Phi) is 5.40. The molecule has 17 heavy (non-hydrogen) atoms. The van der Waals surface area contributed by atoms with E-state index in [4.69, 9.17) is 10.5 Å². The van der Waals surface area contributed by atoms with Crippen molar-refractivity contribution in [2.75, 3.05) is 13.2 Å². The first-order valence-corrected chi connectivity index (χ1v) is 6.69. The second-order valence-corrected chi connectivity index (χ2v) is 5.14. The summed E-state index contributed by atoms with van der Waals surface area (Å²) >= 11 is 0. The second-order valence-electron chi connectivity index (χ2n) is 5.14. The molecule has 1 aliphatic rings.